The normalized spacial score (nSPS) is 10.7. The summed E-state index contributed by atoms with van der Waals surface area (Å²) in [4.78, 5) is 4.07. The van der Waals surface area contributed by atoms with Gasteiger partial charge in [-0.1, -0.05) is 0 Å². The topological polar surface area (TPSA) is 94.9 Å². The van der Waals surface area contributed by atoms with Crippen molar-refractivity contribution in [3.63, 3.8) is 0 Å². The first-order valence-electron chi connectivity index (χ1n) is 5.82. The third-order valence-corrected chi connectivity index (χ3v) is 4.66. The second-order valence-corrected chi connectivity index (χ2v) is 6.58. The van der Waals surface area contributed by atoms with E-state index in [-0.39, 0.29) is 4.90 Å². The van der Waals surface area contributed by atoms with Crippen LogP contribution in [-0.4, -0.2) is 20.4 Å². The van der Waals surface area contributed by atoms with Gasteiger partial charge in [0, 0.05) is 23.8 Å². The standard InChI is InChI=1S/C13H11BrN4O2S/c1-16-13-7-10(4-5-17-13)21(19,20)18-12-3-2-9(8-15)6-11(12)14/h2-7,18H,1H3,(H,16,17). The van der Waals surface area contributed by atoms with Crippen LogP contribution in [0.5, 0.6) is 0 Å². The molecular weight excluding hydrogens is 356 g/mol. The highest BCUT2D eigenvalue weighted by molar-refractivity contribution is 9.10. The highest BCUT2D eigenvalue weighted by atomic mass is 79.9. The number of halogens is 1. The highest BCUT2D eigenvalue weighted by Gasteiger charge is 2.16. The maximum Gasteiger partial charge on any atom is 0.262 e. The SMILES string of the molecule is CNc1cc(S(=O)(=O)Nc2ccc(C#N)cc2Br)ccn1. The molecule has 1 aromatic carbocycles. The predicted molar refractivity (Wildman–Crippen MR) is 83.4 cm³/mol. The molecule has 0 spiro atoms. The van der Waals surface area contributed by atoms with Crippen LogP contribution in [0.2, 0.25) is 0 Å². The predicted octanol–water partition coefficient (Wildman–Crippen LogP) is 2.56. The summed E-state index contributed by atoms with van der Waals surface area (Å²) in [6.45, 7) is 0. The van der Waals surface area contributed by atoms with Crippen LogP contribution in [-0.2, 0) is 10.0 Å². The minimum atomic E-state index is -3.73. The molecule has 0 bridgehead atoms. The summed E-state index contributed by atoms with van der Waals surface area (Å²) in [5.41, 5.74) is 0.794. The van der Waals surface area contributed by atoms with Gasteiger partial charge in [-0.05, 0) is 40.2 Å². The van der Waals surface area contributed by atoms with Crippen LogP contribution in [0.15, 0.2) is 45.9 Å². The second-order valence-electron chi connectivity index (χ2n) is 4.04. The average molecular weight is 367 g/mol. The molecule has 0 unspecified atom stereocenters. The number of pyridine rings is 1. The summed E-state index contributed by atoms with van der Waals surface area (Å²) in [6.07, 6.45) is 1.41. The van der Waals surface area contributed by atoms with Crippen molar-refractivity contribution in [2.45, 2.75) is 4.90 Å². The zero-order chi connectivity index (χ0) is 15.5. The van der Waals surface area contributed by atoms with E-state index in [1.165, 1.54) is 30.5 Å². The van der Waals surface area contributed by atoms with Gasteiger partial charge in [0.25, 0.3) is 10.0 Å². The molecule has 8 heteroatoms. The van der Waals surface area contributed by atoms with Crippen molar-refractivity contribution in [3.05, 3.63) is 46.6 Å². The number of sulfonamides is 1. The molecule has 0 atom stereocenters. The fourth-order valence-electron chi connectivity index (χ4n) is 1.59. The van der Waals surface area contributed by atoms with E-state index < -0.39 is 10.0 Å². The van der Waals surface area contributed by atoms with Crippen molar-refractivity contribution < 1.29 is 8.42 Å². The summed E-state index contributed by atoms with van der Waals surface area (Å²) in [5, 5.41) is 11.6. The molecule has 0 aliphatic carbocycles. The Bertz CT molecular complexity index is 815. The molecular formula is C13H11BrN4O2S. The lowest BCUT2D eigenvalue weighted by Gasteiger charge is -2.10. The molecule has 0 amide bonds. The van der Waals surface area contributed by atoms with E-state index >= 15 is 0 Å². The van der Waals surface area contributed by atoms with Gasteiger partial charge < -0.3 is 5.32 Å². The first-order valence-corrected chi connectivity index (χ1v) is 8.10. The fourth-order valence-corrected chi connectivity index (χ4v) is 3.29. The molecule has 0 aliphatic rings. The van der Waals surface area contributed by atoms with Gasteiger partial charge >= 0.3 is 0 Å². The summed E-state index contributed by atoms with van der Waals surface area (Å²) in [6, 6.07) is 9.42. The highest BCUT2D eigenvalue weighted by Crippen LogP contribution is 2.26. The van der Waals surface area contributed by atoms with E-state index in [0.717, 1.165) is 0 Å². The van der Waals surface area contributed by atoms with Crippen LogP contribution >= 0.6 is 15.9 Å². The van der Waals surface area contributed by atoms with Gasteiger partial charge in [-0.3, -0.25) is 4.72 Å². The van der Waals surface area contributed by atoms with Gasteiger partial charge in [-0.25, -0.2) is 13.4 Å². The molecule has 0 radical (unpaired) electrons. The zero-order valence-corrected chi connectivity index (χ0v) is 13.4. The van der Waals surface area contributed by atoms with Gasteiger partial charge in [0.05, 0.1) is 22.2 Å². The number of aromatic nitrogens is 1. The molecule has 1 aromatic heterocycles. The van der Waals surface area contributed by atoms with Crippen LogP contribution in [0.25, 0.3) is 0 Å². The van der Waals surface area contributed by atoms with Crippen molar-refractivity contribution in [3.8, 4) is 6.07 Å². The third kappa shape index (κ3) is 3.51. The number of hydrogen-bond donors (Lipinski definition) is 2. The van der Waals surface area contributed by atoms with E-state index in [9.17, 15) is 8.42 Å². The number of anilines is 2. The van der Waals surface area contributed by atoms with Gasteiger partial charge in [0.15, 0.2) is 0 Å². The minimum absolute atomic E-state index is 0.0955. The molecule has 2 aromatic rings. The van der Waals surface area contributed by atoms with E-state index in [0.29, 0.717) is 21.5 Å². The van der Waals surface area contributed by atoms with E-state index in [2.05, 4.69) is 31.0 Å². The van der Waals surface area contributed by atoms with E-state index in [1.807, 2.05) is 6.07 Å². The molecule has 2 rings (SSSR count). The Morgan fingerprint density at radius 1 is 1.29 bits per heavy atom. The maximum absolute atomic E-state index is 12.3. The second kappa shape index (κ2) is 6.11. The Labute approximate surface area is 131 Å². The Hall–Kier alpha value is -2.11. The lowest BCUT2D eigenvalue weighted by Crippen LogP contribution is -2.13. The first-order chi connectivity index (χ1) is 9.96. The number of nitrogens with zero attached hydrogens (tertiary/aromatic N) is 2. The van der Waals surface area contributed by atoms with Crippen LogP contribution in [0.3, 0.4) is 0 Å². The molecule has 108 valence electrons. The van der Waals surface area contributed by atoms with Crippen LogP contribution in [0, 0.1) is 11.3 Å². The Kier molecular flexibility index (Phi) is 4.45. The van der Waals surface area contributed by atoms with Crippen molar-refractivity contribution >= 4 is 37.5 Å². The number of nitriles is 1. The quantitative estimate of drug-likeness (QED) is 0.866. The molecule has 0 saturated carbocycles. The molecule has 6 nitrogen and oxygen atoms in total. The minimum Gasteiger partial charge on any atom is -0.373 e. The van der Waals surface area contributed by atoms with Gasteiger partial charge in [0.2, 0.25) is 0 Å². The van der Waals surface area contributed by atoms with E-state index in [1.54, 1.807) is 13.1 Å². The van der Waals surface area contributed by atoms with Gasteiger partial charge in [-0.15, -0.1) is 0 Å². The van der Waals surface area contributed by atoms with Gasteiger partial charge in [0.1, 0.15) is 5.82 Å². The number of nitrogens with one attached hydrogen (secondary N) is 2. The van der Waals surface area contributed by atoms with Crippen LogP contribution in [0.4, 0.5) is 11.5 Å². The Balaban J connectivity index is 2.35. The van der Waals surface area contributed by atoms with Crippen molar-refractivity contribution in [2.75, 3.05) is 17.1 Å². The largest absolute Gasteiger partial charge is 0.373 e. The molecule has 0 fully saturated rings. The summed E-state index contributed by atoms with van der Waals surface area (Å²) < 4.78 is 27.6. The molecule has 0 saturated heterocycles. The molecule has 1 heterocycles. The lowest BCUT2D eigenvalue weighted by atomic mass is 10.2. The van der Waals surface area contributed by atoms with Gasteiger partial charge in [-0.2, -0.15) is 5.26 Å². The van der Waals surface area contributed by atoms with Crippen molar-refractivity contribution in [2.24, 2.45) is 0 Å². The van der Waals surface area contributed by atoms with Crippen LogP contribution in [0.1, 0.15) is 5.56 Å². The fraction of sp³-hybridized carbons (Fsp3) is 0.0769. The Morgan fingerprint density at radius 2 is 2.05 bits per heavy atom. The lowest BCUT2D eigenvalue weighted by molar-refractivity contribution is 0.601. The molecule has 0 aliphatic heterocycles. The number of rotatable bonds is 4. The third-order valence-electron chi connectivity index (χ3n) is 2.64. The number of hydrogen-bond acceptors (Lipinski definition) is 5. The Morgan fingerprint density at radius 3 is 2.67 bits per heavy atom. The maximum atomic E-state index is 12.3. The summed E-state index contributed by atoms with van der Waals surface area (Å²) in [5.74, 6) is 0.455. The number of benzene rings is 1. The zero-order valence-electron chi connectivity index (χ0n) is 11.0. The smallest absolute Gasteiger partial charge is 0.262 e. The molecule has 2 N–H and O–H groups in total. The van der Waals surface area contributed by atoms with E-state index in [4.69, 9.17) is 5.26 Å². The first kappa shape index (κ1) is 15.3. The summed E-state index contributed by atoms with van der Waals surface area (Å²) >= 11 is 3.24. The molecule has 21 heavy (non-hydrogen) atoms. The summed E-state index contributed by atoms with van der Waals surface area (Å²) in [7, 11) is -2.07. The van der Waals surface area contributed by atoms with Crippen molar-refractivity contribution in [1.82, 2.24) is 4.98 Å². The monoisotopic (exact) mass is 366 g/mol. The van der Waals surface area contributed by atoms with Crippen molar-refractivity contribution in [1.29, 1.82) is 5.26 Å². The average Bonchev–Trinajstić information content (AvgIpc) is 2.49. The van der Waals surface area contributed by atoms with Crippen LogP contribution < -0.4 is 10.0 Å².